The summed E-state index contributed by atoms with van der Waals surface area (Å²) in [6.07, 6.45) is 4.61. The van der Waals surface area contributed by atoms with Crippen LogP contribution in [0.2, 0.25) is 0 Å². The van der Waals surface area contributed by atoms with Crippen molar-refractivity contribution in [1.29, 1.82) is 0 Å². The Kier molecular flexibility index (Phi) is 5.81. The second-order valence-electron chi connectivity index (χ2n) is 5.77. The normalized spacial score (nSPS) is 13.2. The lowest BCUT2D eigenvalue weighted by molar-refractivity contribution is 0.112. The lowest BCUT2D eigenvalue weighted by Crippen LogP contribution is -2.37. The highest BCUT2D eigenvalue weighted by atomic mass is 19.1. The molecule has 0 aliphatic rings. The van der Waals surface area contributed by atoms with Crippen LogP contribution in [0.3, 0.4) is 0 Å². The fourth-order valence-electron chi connectivity index (χ4n) is 2.34. The first kappa shape index (κ1) is 17.8. The summed E-state index contributed by atoms with van der Waals surface area (Å²) in [5.41, 5.74) is 7.64. The van der Waals surface area contributed by atoms with E-state index in [9.17, 15) is 9.18 Å². The smallest absolute Gasteiger partial charge is 0.166 e. The number of hydrogen-bond donors (Lipinski definition) is 3. The molecular formula is C17H22FN5O. The van der Waals surface area contributed by atoms with Gasteiger partial charge in [0.2, 0.25) is 0 Å². The molecule has 2 rings (SSSR count). The highest BCUT2D eigenvalue weighted by molar-refractivity contribution is 5.85. The Morgan fingerprint density at radius 3 is 2.67 bits per heavy atom. The van der Waals surface area contributed by atoms with Gasteiger partial charge >= 0.3 is 0 Å². The molecule has 0 fully saturated rings. The molecule has 0 radical (unpaired) electrons. The van der Waals surface area contributed by atoms with Crippen LogP contribution in [0.4, 0.5) is 21.7 Å². The number of aromatic nitrogens is 2. The Morgan fingerprint density at radius 2 is 2.08 bits per heavy atom. The Hall–Kier alpha value is -2.54. The summed E-state index contributed by atoms with van der Waals surface area (Å²) in [5.74, 6) is -0.266. The molecule has 7 heteroatoms. The van der Waals surface area contributed by atoms with Gasteiger partial charge in [0.05, 0.1) is 17.4 Å². The summed E-state index contributed by atoms with van der Waals surface area (Å²) in [6, 6.07) is 2.72. The first-order chi connectivity index (χ1) is 11.4. The van der Waals surface area contributed by atoms with Gasteiger partial charge in [-0.25, -0.2) is 9.37 Å². The van der Waals surface area contributed by atoms with Gasteiger partial charge < -0.3 is 16.4 Å². The predicted octanol–water partition coefficient (Wildman–Crippen LogP) is 3.02. The number of nitrogens with zero attached hydrogens (tertiary/aromatic N) is 2. The highest BCUT2D eigenvalue weighted by Gasteiger charge is 2.17. The molecule has 0 aliphatic heterocycles. The summed E-state index contributed by atoms with van der Waals surface area (Å²) >= 11 is 0. The zero-order chi connectivity index (χ0) is 17.7. The molecule has 24 heavy (non-hydrogen) atoms. The topological polar surface area (TPSA) is 92.9 Å². The lowest BCUT2D eigenvalue weighted by atomic mass is 10.1. The van der Waals surface area contributed by atoms with Gasteiger partial charge in [-0.15, -0.1) is 0 Å². The second-order valence-corrected chi connectivity index (χ2v) is 5.77. The van der Waals surface area contributed by atoms with E-state index in [0.717, 1.165) is 18.1 Å². The third-order valence-corrected chi connectivity index (χ3v) is 3.67. The number of carbonyl (C=O) groups is 1. The Labute approximate surface area is 140 Å². The van der Waals surface area contributed by atoms with E-state index in [4.69, 9.17) is 5.73 Å². The van der Waals surface area contributed by atoms with Crippen molar-refractivity contribution in [3.63, 3.8) is 0 Å². The first-order valence-corrected chi connectivity index (χ1v) is 7.81. The largest absolute Gasteiger partial charge is 0.363 e. The van der Waals surface area contributed by atoms with Crippen LogP contribution in [0.15, 0.2) is 24.5 Å². The number of pyridine rings is 2. The molecule has 0 amide bonds. The first-order valence-electron chi connectivity index (χ1n) is 7.81. The van der Waals surface area contributed by atoms with Gasteiger partial charge in [0, 0.05) is 18.3 Å². The Balaban J connectivity index is 2.35. The third-order valence-electron chi connectivity index (χ3n) is 3.67. The number of hydrogen-bond acceptors (Lipinski definition) is 6. The minimum absolute atomic E-state index is 0.0628. The van der Waals surface area contributed by atoms with Crippen molar-refractivity contribution in [2.75, 3.05) is 10.6 Å². The number of aryl methyl sites for hydroxylation is 1. The van der Waals surface area contributed by atoms with Crippen molar-refractivity contribution in [3.8, 4) is 0 Å². The van der Waals surface area contributed by atoms with Gasteiger partial charge in [0.15, 0.2) is 17.9 Å². The quantitative estimate of drug-likeness (QED) is 0.675. The molecule has 2 aromatic heterocycles. The van der Waals surface area contributed by atoms with E-state index in [2.05, 4.69) is 20.6 Å². The zero-order valence-electron chi connectivity index (χ0n) is 14.0. The molecule has 0 saturated carbocycles. The molecule has 0 aliphatic carbocycles. The SMILES string of the molecule is CC[C@@H](Nc1nc(Nc2cncc(C)c2)c(C=O)cc1F)[C@H](C)N. The van der Waals surface area contributed by atoms with Gasteiger partial charge in [-0.3, -0.25) is 9.78 Å². The standard InChI is InChI=1S/C17H22FN5O/c1-4-15(11(3)19)22-17-14(18)6-12(9-24)16(23-17)21-13-5-10(2)7-20-8-13/h5-9,11,15H,4,19H2,1-3H3,(H2,21,22,23)/t11-,15+/m0/s1. The van der Waals surface area contributed by atoms with Crippen molar-refractivity contribution in [2.24, 2.45) is 5.73 Å². The maximum atomic E-state index is 14.2. The van der Waals surface area contributed by atoms with Crippen LogP contribution in [0, 0.1) is 12.7 Å². The summed E-state index contributed by atoms with van der Waals surface area (Å²) in [6.45, 7) is 5.70. The molecule has 2 atom stereocenters. The van der Waals surface area contributed by atoms with Gasteiger partial charge in [-0.05, 0) is 38.0 Å². The molecule has 0 spiro atoms. The number of nitrogens with two attached hydrogens (primary N) is 1. The van der Waals surface area contributed by atoms with Crippen molar-refractivity contribution >= 4 is 23.6 Å². The van der Waals surface area contributed by atoms with Gasteiger partial charge in [-0.2, -0.15) is 0 Å². The van der Waals surface area contributed by atoms with Crippen molar-refractivity contribution in [2.45, 2.75) is 39.3 Å². The van der Waals surface area contributed by atoms with Gasteiger partial charge in [-0.1, -0.05) is 6.92 Å². The average Bonchev–Trinajstić information content (AvgIpc) is 2.54. The molecule has 2 heterocycles. The van der Waals surface area contributed by atoms with E-state index in [1.807, 2.05) is 26.8 Å². The van der Waals surface area contributed by atoms with E-state index in [-0.39, 0.29) is 29.3 Å². The monoisotopic (exact) mass is 331 g/mol. The molecular weight excluding hydrogens is 309 g/mol. The van der Waals surface area contributed by atoms with E-state index in [0.29, 0.717) is 12.0 Å². The number of halogens is 1. The molecule has 0 unspecified atom stereocenters. The van der Waals surface area contributed by atoms with Crippen LogP contribution in [0.25, 0.3) is 0 Å². The maximum Gasteiger partial charge on any atom is 0.166 e. The summed E-state index contributed by atoms with van der Waals surface area (Å²) < 4.78 is 14.2. The summed E-state index contributed by atoms with van der Waals surface area (Å²) in [7, 11) is 0. The number of rotatable bonds is 7. The van der Waals surface area contributed by atoms with Crippen LogP contribution in [0.5, 0.6) is 0 Å². The van der Waals surface area contributed by atoms with Crippen LogP contribution in [-0.4, -0.2) is 28.3 Å². The zero-order valence-corrected chi connectivity index (χ0v) is 14.0. The Bertz CT molecular complexity index is 720. The fraction of sp³-hybridized carbons (Fsp3) is 0.353. The molecule has 2 aromatic rings. The van der Waals surface area contributed by atoms with Gasteiger partial charge in [0.25, 0.3) is 0 Å². The van der Waals surface area contributed by atoms with Crippen LogP contribution in [-0.2, 0) is 0 Å². The number of anilines is 3. The van der Waals surface area contributed by atoms with E-state index < -0.39 is 5.82 Å². The van der Waals surface area contributed by atoms with E-state index in [1.165, 1.54) is 0 Å². The molecule has 0 saturated heterocycles. The average molecular weight is 331 g/mol. The van der Waals surface area contributed by atoms with E-state index in [1.54, 1.807) is 12.4 Å². The number of aldehydes is 1. The lowest BCUT2D eigenvalue weighted by Gasteiger charge is -2.22. The Morgan fingerprint density at radius 1 is 1.33 bits per heavy atom. The molecule has 0 bridgehead atoms. The van der Waals surface area contributed by atoms with Crippen molar-refractivity contribution < 1.29 is 9.18 Å². The second kappa shape index (κ2) is 7.83. The van der Waals surface area contributed by atoms with E-state index >= 15 is 0 Å². The van der Waals surface area contributed by atoms with Crippen LogP contribution < -0.4 is 16.4 Å². The predicted molar refractivity (Wildman–Crippen MR) is 93.2 cm³/mol. The molecule has 6 nitrogen and oxygen atoms in total. The van der Waals surface area contributed by atoms with Crippen LogP contribution in [0.1, 0.15) is 36.2 Å². The van der Waals surface area contributed by atoms with Crippen molar-refractivity contribution in [1.82, 2.24) is 9.97 Å². The molecule has 128 valence electrons. The fourth-order valence-corrected chi connectivity index (χ4v) is 2.34. The highest BCUT2D eigenvalue weighted by Crippen LogP contribution is 2.23. The minimum Gasteiger partial charge on any atom is -0.363 e. The number of nitrogens with one attached hydrogen (secondary N) is 2. The number of carbonyl (C=O) groups excluding carboxylic acids is 1. The maximum absolute atomic E-state index is 14.2. The third kappa shape index (κ3) is 4.26. The van der Waals surface area contributed by atoms with Gasteiger partial charge in [0.1, 0.15) is 5.82 Å². The summed E-state index contributed by atoms with van der Waals surface area (Å²) in [4.78, 5) is 19.5. The molecule has 4 N–H and O–H groups in total. The van der Waals surface area contributed by atoms with Crippen molar-refractivity contribution in [3.05, 3.63) is 41.5 Å². The summed E-state index contributed by atoms with van der Waals surface area (Å²) in [5, 5.41) is 6.01. The molecule has 0 aromatic carbocycles. The minimum atomic E-state index is -0.593. The van der Waals surface area contributed by atoms with Crippen LogP contribution >= 0.6 is 0 Å².